The Bertz CT molecular complexity index is 285. The molecule has 0 aliphatic carbocycles. The molecule has 1 rings (SSSR count). The minimum absolute atomic E-state index is 0.0668. The van der Waals surface area contributed by atoms with Crippen molar-refractivity contribution in [2.45, 2.75) is 33.7 Å². The van der Waals surface area contributed by atoms with Gasteiger partial charge in [-0.15, -0.1) is 0 Å². The molecule has 4 nitrogen and oxygen atoms in total. The van der Waals surface area contributed by atoms with Crippen LogP contribution in [-0.2, 0) is 10.2 Å². The van der Waals surface area contributed by atoms with E-state index in [0.717, 1.165) is 0 Å². The fourth-order valence-electron chi connectivity index (χ4n) is 1.71. The van der Waals surface area contributed by atoms with Gasteiger partial charge >= 0.3 is 0 Å². The maximum absolute atomic E-state index is 11.9. The molecule has 0 spiro atoms. The molecule has 84 valence electrons. The Labute approximate surface area is 87.1 Å². The van der Waals surface area contributed by atoms with E-state index in [-0.39, 0.29) is 6.04 Å². The Balaban J connectivity index is 2.77. The van der Waals surface area contributed by atoms with Gasteiger partial charge in [0, 0.05) is 25.7 Å². The minimum atomic E-state index is -3.16. The molecule has 0 aromatic rings. The van der Waals surface area contributed by atoms with Gasteiger partial charge in [0.25, 0.3) is 10.2 Å². The van der Waals surface area contributed by atoms with Crippen molar-refractivity contribution >= 4 is 10.2 Å². The summed E-state index contributed by atoms with van der Waals surface area (Å²) in [6, 6.07) is 0.0668. The highest BCUT2D eigenvalue weighted by Crippen LogP contribution is 2.20. The van der Waals surface area contributed by atoms with Crippen molar-refractivity contribution in [3.8, 4) is 0 Å². The third-order valence-corrected chi connectivity index (χ3v) is 4.52. The third-order valence-electron chi connectivity index (χ3n) is 2.34. The van der Waals surface area contributed by atoms with E-state index in [9.17, 15) is 8.42 Å². The van der Waals surface area contributed by atoms with E-state index in [0.29, 0.717) is 25.6 Å². The zero-order valence-corrected chi connectivity index (χ0v) is 10.2. The van der Waals surface area contributed by atoms with Crippen LogP contribution in [0.15, 0.2) is 0 Å². The first-order valence-corrected chi connectivity index (χ1v) is 6.52. The largest absolute Gasteiger partial charge is 0.282 e. The molecule has 1 heterocycles. The Morgan fingerprint density at radius 2 is 1.71 bits per heavy atom. The van der Waals surface area contributed by atoms with Gasteiger partial charge in [-0.3, -0.25) is 0 Å². The molecule has 14 heavy (non-hydrogen) atoms. The summed E-state index contributed by atoms with van der Waals surface area (Å²) in [7, 11) is -3.16. The Hall–Kier alpha value is -0.130. The molecule has 0 aromatic heterocycles. The van der Waals surface area contributed by atoms with Crippen molar-refractivity contribution in [2.75, 3.05) is 19.6 Å². The molecule has 0 aromatic carbocycles. The van der Waals surface area contributed by atoms with E-state index in [2.05, 4.69) is 0 Å². The lowest BCUT2D eigenvalue weighted by Gasteiger charge is -2.22. The SMILES string of the molecule is CC(C)CN1CCN(C(C)C)S1(=O)=O. The number of hydrogen-bond donors (Lipinski definition) is 0. The van der Waals surface area contributed by atoms with Gasteiger partial charge in [-0.1, -0.05) is 13.8 Å². The summed E-state index contributed by atoms with van der Waals surface area (Å²) in [5.41, 5.74) is 0. The predicted molar refractivity (Wildman–Crippen MR) is 57.2 cm³/mol. The zero-order valence-electron chi connectivity index (χ0n) is 9.40. The van der Waals surface area contributed by atoms with Crippen molar-refractivity contribution in [3.63, 3.8) is 0 Å². The molecule has 5 heteroatoms. The van der Waals surface area contributed by atoms with E-state index >= 15 is 0 Å². The lowest BCUT2D eigenvalue weighted by molar-refractivity contribution is 0.386. The first-order valence-electron chi connectivity index (χ1n) is 5.12. The summed E-state index contributed by atoms with van der Waals surface area (Å²) in [5, 5.41) is 0. The van der Waals surface area contributed by atoms with Gasteiger partial charge in [0.15, 0.2) is 0 Å². The van der Waals surface area contributed by atoms with E-state index in [1.165, 1.54) is 0 Å². The summed E-state index contributed by atoms with van der Waals surface area (Å²) in [5.74, 6) is 0.386. The molecule has 1 aliphatic rings. The standard InChI is InChI=1S/C9H20N2O2S/c1-8(2)7-10-5-6-11(9(3)4)14(10,12)13/h8-9H,5-7H2,1-4H3. The molecule has 0 saturated carbocycles. The van der Waals surface area contributed by atoms with Gasteiger partial charge in [0.05, 0.1) is 0 Å². The van der Waals surface area contributed by atoms with E-state index in [1.54, 1.807) is 8.61 Å². The fraction of sp³-hybridized carbons (Fsp3) is 1.00. The second kappa shape index (κ2) is 4.16. The fourth-order valence-corrected chi connectivity index (χ4v) is 3.65. The number of rotatable bonds is 3. The van der Waals surface area contributed by atoms with Crippen LogP contribution in [0.2, 0.25) is 0 Å². The molecule has 0 N–H and O–H groups in total. The van der Waals surface area contributed by atoms with Crippen LogP contribution in [0.3, 0.4) is 0 Å². The second-order valence-electron chi connectivity index (χ2n) is 4.46. The van der Waals surface area contributed by atoms with Crippen LogP contribution in [0.5, 0.6) is 0 Å². The average molecular weight is 220 g/mol. The quantitative estimate of drug-likeness (QED) is 0.709. The summed E-state index contributed by atoms with van der Waals surface area (Å²) in [6.07, 6.45) is 0. The zero-order chi connectivity index (χ0) is 10.9. The van der Waals surface area contributed by atoms with Crippen LogP contribution in [0.25, 0.3) is 0 Å². The van der Waals surface area contributed by atoms with Crippen molar-refractivity contribution in [3.05, 3.63) is 0 Å². The van der Waals surface area contributed by atoms with Gasteiger partial charge < -0.3 is 0 Å². The molecule has 0 radical (unpaired) electrons. The smallest absolute Gasteiger partial charge is 0.195 e. The van der Waals surface area contributed by atoms with Crippen LogP contribution in [0.4, 0.5) is 0 Å². The van der Waals surface area contributed by atoms with E-state index in [1.807, 2.05) is 27.7 Å². The van der Waals surface area contributed by atoms with E-state index in [4.69, 9.17) is 0 Å². The van der Waals surface area contributed by atoms with Crippen LogP contribution in [0.1, 0.15) is 27.7 Å². The lowest BCUT2D eigenvalue weighted by Crippen LogP contribution is -2.38. The molecule has 0 bridgehead atoms. The Morgan fingerprint density at radius 3 is 2.07 bits per heavy atom. The van der Waals surface area contributed by atoms with E-state index < -0.39 is 10.2 Å². The lowest BCUT2D eigenvalue weighted by atomic mass is 10.2. The van der Waals surface area contributed by atoms with Crippen molar-refractivity contribution in [2.24, 2.45) is 5.92 Å². The van der Waals surface area contributed by atoms with Crippen molar-refractivity contribution in [1.82, 2.24) is 8.61 Å². The predicted octanol–water partition coefficient (Wildman–Crippen LogP) is 0.913. The highest BCUT2D eigenvalue weighted by molar-refractivity contribution is 7.87. The highest BCUT2D eigenvalue weighted by atomic mass is 32.2. The molecule has 1 saturated heterocycles. The minimum Gasteiger partial charge on any atom is -0.195 e. The summed E-state index contributed by atoms with van der Waals surface area (Å²) < 4.78 is 27.0. The van der Waals surface area contributed by atoms with Crippen molar-refractivity contribution < 1.29 is 8.42 Å². The molecule has 0 unspecified atom stereocenters. The molecular formula is C9H20N2O2S. The van der Waals surface area contributed by atoms with Crippen LogP contribution >= 0.6 is 0 Å². The van der Waals surface area contributed by atoms with Crippen LogP contribution in [0, 0.1) is 5.92 Å². The van der Waals surface area contributed by atoms with Gasteiger partial charge in [-0.05, 0) is 19.8 Å². The highest BCUT2D eigenvalue weighted by Gasteiger charge is 2.37. The number of hydrogen-bond acceptors (Lipinski definition) is 2. The summed E-state index contributed by atoms with van der Waals surface area (Å²) >= 11 is 0. The second-order valence-corrected chi connectivity index (χ2v) is 6.35. The molecule has 1 fully saturated rings. The van der Waals surface area contributed by atoms with Gasteiger partial charge in [-0.25, -0.2) is 0 Å². The first kappa shape index (κ1) is 11.9. The van der Waals surface area contributed by atoms with Gasteiger partial charge in [-0.2, -0.15) is 17.0 Å². The Morgan fingerprint density at radius 1 is 1.14 bits per heavy atom. The molecule has 1 aliphatic heterocycles. The maximum Gasteiger partial charge on any atom is 0.282 e. The van der Waals surface area contributed by atoms with Gasteiger partial charge in [0.2, 0.25) is 0 Å². The van der Waals surface area contributed by atoms with Crippen molar-refractivity contribution in [1.29, 1.82) is 0 Å². The summed E-state index contributed by atoms with van der Waals surface area (Å²) in [4.78, 5) is 0. The monoisotopic (exact) mass is 220 g/mol. The van der Waals surface area contributed by atoms with Gasteiger partial charge in [0.1, 0.15) is 0 Å². The Kier molecular flexibility index (Phi) is 3.55. The number of nitrogens with zero attached hydrogens (tertiary/aromatic N) is 2. The molecule has 0 amide bonds. The third kappa shape index (κ3) is 2.27. The average Bonchev–Trinajstić information content (AvgIpc) is 2.26. The first-order chi connectivity index (χ1) is 6.35. The molecule has 0 atom stereocenters. The molecular weight excluding hydrogens is 200 g/mol. The normalized spacial score (nSPS) is 23.9. The maximum atomic E-state index is 11.9. The van der Waals surface area contributed by atoms with Crippen LogP contribution in [-0.4, -0.2) is 42.7 Å². The summed E-state index contributed by atoms with van der Waals surface area (Å²) in [6.45, 7) is 9.80. The van der Waals surface area contributed by atoms with Crippen LogP contribution < -0.4 is 0 Å². The topological polar surface area (TPSA) is 40.6 Å².